The summed E-state index contributed by atoms with van der Waals surface area (Å²) in [5, 5.41) is 22.3. The zero-order chi connectivity index (χ0) is 20.3. The van der Waals surface area contributed by atoms with Gasteiger partial charge in [-0.05, 0) is 47.4 Å². The van der Waals surface area contributed by atoms with E-state index in [0.29, 0.717) is 0 Å². The fourth-order valence-electron chi connectivity index (χ4n) is 3.59. The maximum Gasteiger partial charge on any atom is 0.112 e. The zero-order valence-electron chi connectivity index (χ0n) is 16.2. The van der Waals surface area contributed by atoms with Crippen molar-refractivity contribution in [3.05, 3.63) is 126 Å². The number of hydrogen-bond acceptors (Lipinski definition) is 3. The second kappa shape index (κ2) is 8.00. The molecule has 0 spiro atoms. The zero-order valence-corrected chi connectivity index (χ0v) is 16.2. The van der Waals surface area contributed by atoms with E-state index in [0.717, 1.165) is 33.5 Å². The molecule has 0 saturated heterocycles. The Balaban J connectivity index is 1.86. The Bertz CT molecular complexity index is 1080. The molecule has 1 heterocycles. The molecule has 0 fully saturated rings. The molecule has 4 rings (SSSR count). The molecule has 3 nitrogen and oxygen atoms in total. The molecule has 2 unspecified atom stereocenters. The third-order valence-corrected chi connectivity index (χ3v) is 5.30. The van der Waals surface area contributed by atoms with Gasteiger partial charge in [-0.1, -0.05) is 78.9 Å². The lowest BCUT2D eigenvalue weighted by molar-refractivity contribution is 0.102. The van der Waals surface area contributed by atoms with Crippen LogP contribution in [0.1, 0.15) is 35.3 Å². The second-order valence-electron chi connectivity index (χ2n) is 7.27. The molecular formula is C26H23NO2. The van der Waals surface area contributed by atoms with Gasteiger partial charge in [-0.3, -0.25) is 4.98 Å². The van der Waals surface area contributed by atoms with Gasteiger partial charge in [0.25, 0.3) is 0 Å². The van der Waals surface area contributed by atoms with E-state index in [2.05, 4.69) is 4.98 Å². The lowest BCUT2D eigenvalue weighted by atomic mass is 9.84. The van der Waals surface area contributed by atoms with E-state index in [4.69, 9.17) is 0 Å². The average Bonchev–Trinajstić information content (AvgIpc) is 2.80. The molecule has 0 aliphatic rings. The van der Waals surface area contributed by atoms with Crippen molar-refractivity contribution in [2.24, 2.45) is 0 Å². The van der Waals surface area contributed by atoms with Crippen molar-refractivity contribution in [1.29, 1.82) is 0 Å². The second-order valence-corrected chi connectivity index (χ2v) is 7.27. The number of aromatic nitrogens is 1. The summed E-state index contributed by atoms with van der Waals surface area (Å²) in [7, 11) is 0. The Morgan fingerprint density at radius 1 is 0.759 bits per heavy atom. The van der Waals surface area contributed by atoms with Crippen LogP contribution < -0.4 is 0 Å². The van der Waals surface area contributed by atoms with Gasteiger partial charge in [-0.2, -0.15) is 0 Å². The molecule has 3 heteroatoms. The maximum atomic E-state index is 11.3. The molecule has 4 aromatic rings. The smallest absolute Gasteiger partial charge is 0.112 e. The summed E-state index contributed by atoms with van der Waals surface area (Å²) < 4.78 is 0. The Morgan fingerprint density at radius 3 is 2.07 bits per heavy atom. The lowest BCUT2D eigenvalue weighted by Crippen LogP contribution is -2.23. The summed E-state index contributed by atoms with van der Waals surface area (Å²) >= 11 is 0. The van der Waals surface area contributed by atoms with Crippen LogP contribution in [0.2, 0.25) is 0 Å². The highest BCUT2D eigenvalue weighted by Crippen LogP contribution is 2.36. The summed E-state index contributed by atoms with van der Waals surface area (Å²) in [5.74, 6) is 0. The minimum Gasteiger partial charge on any atom is -0.384 e. The molecule has 0 saturated carbocycles. The number of benzene rings is 3. The summed E-state index contributed by atoms with van der Waals surface area (Å²) in [6.45, 7) is 1.78. The van der Waals surface area contributed by atoms with Gasteiger partial charge in [0.15, 0.2) is 0 Å². The minimum atomic E-state index is -1.17. The van der Waals surface area contributed by atoms with Crippen LogP contribution in [0.25, 0.3) is 11.3 Å². The monoisotopic (exact) mass is 381 g/mol. The first-order valence-electron chi connectivity index (χ1n) is 9.64. The van der Waals surface area contributed by atoms with Gasteiger partial charge in [0.2, 0.25) is 0 Å². The van der Waals surface area contributed by atoms with Crippen molar-refractivity contribution in [3.63, 3.8) is 0 Å². The standard InChI is InChI=1S/C26H23NO2/c1-26(29,20-12-6-3-7-13-20)21-15-16-22(25(28)19-10-4-2-5-11-19)23(18-21)24-14-8-9-17-27-24/h2-18,25,28-29H,1H3. The third kappa shape index (κ3) is 3.83. The number of pyridine rings is 1. The summed E-state index contributed by atoms with van der Waals surface area (Å²) in [6, 6.07) is 30.5. The molecule has 0 bridgehead atoms. The highest BCUT2D eigenvalue weighted by molar-refractivity contribution is 5.67. The predicted molar refractivity (Wildman–Crippen MR) is 115 cm³/mol. The number of rotatable bonds is 5. The Labute approximate surface area is 171 Å². The molecule has 3 aromatic carbocycles. The van der Waals surface area contributed by atoms with E-state index in [-0.39, 0.29) is 0 Å². The molecule has 1 aromatic heterocycles. The van der Waals surface area contributed by atoms with Crippen LogP contribution in [0.3, 0.4) is 0 Å². The topological polar surface area (TPSA) is 53.4 Å². The van der Waals surface area contributed by atoms with E-state index >= 15 is 0 Å². The van der Waals surface area contributed by atoms with E-state index in [1.165, 1.54) is 0 Å². The number of nitrogens with zero attached hydrogens (tertiary/aromatic N) is 1. The highest BCUT2D eigenvalue weighted by atomic mass is 16.3. The Kier molecular flexibility index (Phi) is 5.26. The summed E-state index contributed by atoms with van der Waals surface area (Å²) in [6.07, 6.45) is 0.944. The van der Waals surface area contributed by atoms with Gasteiger partial charge in [-0.15, -0.1) is 0 Å². The third-order valence-electron chi connectivity index (χ3n) is 5.30. The predicted octanol–water partition coefficient (Wildman–Crippen LogP) is 5.09. The van der Waals surface area contributed by atoms with Crippen LogP contribution in [0.15, 0.2) is 103 Å². The quantitative estimate of drug-likeness (QED) is 0.506. The van der Waals surface area contributed by atoms with Gasteiger partial charge in [0, 0.05) is 11.8 Å². The van der Waals surface area contributed by atoms with Crippen molar-refractivity contribution in [3.8, 4) is 11.3 Å². The molecule has 0 aliphatic carbocycles. The molecule has 0 aliphatic heterocycles. The molecular weight excluding hydrogens is 358 g/mol. The largest absolute Gasteiger partial charge is 0.384 e. The summed E-state index contributed by atoms with van der Waals surface area (Å²) in [5.41, 5.74) is 3.51. The molecule has 2 atom stereocenters. The number of aliphatic hydroxyl groups excluding tert-OH is 1. The molecule has 29 heavy (non-hydrogen) atoms. The van der Waals surface area contributed by atoms with E-state index in [1.807, 2.05) is 97.1 Å². The molecule has 144 valence electrons. The lowest BCUT2D eigenvalue weighted by Gasteiger charge is -2.26. The maximum absolute atomic E-state index is 11.3. The van der Waals surface area contributed by atoms with Crippen molar-refractivity contribution >= 4 is 0 Å². The minimum absolute atomic E-state index is 0.744. The van der Waals surface area contributed by atoms with Crippen molar-refractivity contribution < 1.29 is 10.2 Å². The van der Waals surface area contributed by atoms with E-state index in [9.17, 15) is 10.2 Å². The first kappa shape index (κ1) is 19.1. The van der Waals surface area contributed by atoms with Crippen LogP contribution in [-0.2, 0) is 5.60 Å². The van der Waals surface area contributed by atoms with Crippen LogP contribution in [0.4, 0.5) is 0 Å². The van der Waals surface area contributed by atoms with E-state index in [1.54, 1.807) is 13.1 Å². The fraction of sp³-hybridized carbons (Fsp3) is 0.115. The van der Waals surface area contributed by atoms with Crippen LogP contribution in [0.5, 0.6) is 0 Å². The molecule has 2 N–H and O–H groups in total. The van der Waals surface area contributed by atoms with Crippen molar-refractivity contribution in [2.45, 2.75) is 18.6 Å². The van der Waals surface area contributed by atoms with Gasteiger partial charge < -0.3 is 10.2 Å². The van der Waals surface area contributed by atoms with Gasteiger partial charge >= 0.3 is 0 Å². The highest BCUT2D eigenvalue weighted by Gasteiger charge is 2.27. The van der Waals surface area contributed by atoms with Crippen LogP contribution in [-0.4, -0.2) is 15.2 Å². The average molecular weight is 381 g/mol. The van der Waals surface area contributed by atoms with Crippen LogP contribution >= 0.6 is 0 Å². The van der Waals surface area contributed by atoms with Crippen LogP contribution in [0, 0.1) is 0 Å². The molecule has 0 radical (unpaired) electrons. The SMILES string of the molecule is CC(O)(c1ccccc1)c1ccc(C(O)c2ccccc2)c(-c2ccccn2)c1. The summed E-state index contributed by atoms with van der Waals surface area (Å²) in [4.78, 5) is 4.49. The Morgan fingerprint density at radius 2 is 1.41 bits per heavy atom. The van der Waals surface area contributed by atoms with Gasteiger partial charge in [0.1, 0.15) is 11.7 Å². The van der Waals surface area contributed by atoms with Crippen molar-refractivity contribution in [1.82, 2.24) is 4.98 Å². The normalized spacial score (nSPS) is 14.2. The van der Waals surface area contributed by atoms with Gasteiger partial charge in [-0.25, -0.2) is 0 Å². The molecule has 0 amide bonds. The van der Waals surface area contributed by atoms with Crippen molar-refractivity contribution in [2.75, 3.05) is 0 Å². The fourth-order valence-corrected chi connectivity index (χ4v) is 3.59. The number of hydrogen-bond donors (Lipinski definition) is 2. The number of aliphatic hydroxyl groups is 2. The van der Waals surface area contributed by atoms with E-state index < -0.39 is 11.7 Å². The van der Waals surface area contributed by atoms with Gasteiger partial charge in [0.05, 0.1) is 5.69 Å². The Hall–Kier alpha value is -3.27. The first-order valence-corrected chi connectivity index (χ1v) is 9.64. The first-order chi connectivity index (χ1) is 14.1.